The molecule has 1 saturated carbocycles. The van der Waals surface area contributed by atoms with Gasteiger partial charge in [0.1, 0.15) is 12.4 Å². The van der Waals surface area contributed by atoms with Crippen LogP contribution in [0.5, 0.6) is 5.75 Å². The molecule has 2 N–H and O–H groups in total. The maximum Gasteiger partial charge on any atom is 0.223 e. The van der Waals surface area contributed by atoms with E-state index in [-0.39, 0.29) is 6.10 Å². The highest BCUT2D eigenvalue weighted by Gasteiger charge is 2.20. The van der Waals surface area contributed by atoms with Gasteiger partial charge < -0.3 is 20.1 Å². The Hall–Kier alpha value is -2.70. The number of aromatic nitrogens is 2. The monoisotopic (exact) mass is 406 g/mol. The average Bonchev–Trinajstić information content (AvgIpc) is 2.75. The van der Waals surface area contributed by atoms with Crippen molar-refractivity contribution in [1.82, 2.24) is 14.9 Å². The standard InChI is InChI=1S/C24H30N4O2/c1-28(2)14-15-30-21-12-6-17(7-13-21)22-5-3-4-18-16-25-24(27-23(18)22)26-19-8-10-20(29)11-9-19/h3-7,12-13,16,19-20,29H,8-11,14-15H2,1-2H3,(H,25,26,27). The highest BCUT2D eigenvalue weighted by atomic mass is 16.5. The number of anilines is 1. The second-order valence-electron chi connectivity index (χ2n) is 8.26. The van der Waals surface area contributed by atoms with Crippen molar-refractivity contribution in [2.75, 3.05) is 32.6 Å². The van der Waals surface area contributed by atoms with E-state index < -0.39 is 0 Å². The number of hydrogen-bond acceptors (Lipinski definition) is 6. The van der Waals surface area contributed by atoms with Crippen molar-refractivity contribution in [1.29, 1.82) is 0 Å². The van der Waals surface area contributed by atoms with Gasteiger partial charge in [0.2, 0.25) is 5.95 Å². The van der Waals surface area contributed by atoms with Crippen LogP contribution in [0.3, 0.4) is 0 Å². The number of aliphatic hydroxyl groups is 1. The molecule has 1 fully saturated rings. The smallest absolute Gasteiger partial charge is 0.223 e. The van der Waals surface area contributed by atoms with Gasteiger partial charge in [0.15, 0.2) is 0 Å². The summed E-state index contributed by atoms with van der Waals surface area (Å²) in [6.07, 6.45) is 5.27. The van der Waals surface area contributed by atoms with Crippen LogP contribution in [-0.4, -0.2) is 59.4 Å². The molecule has 1 aromatic heterocycles. The first-order valence-electron chi connectivity index (χ1n) is 10.7. The van der Waals surface area contributed by atoms with Crippen LogP contribution in [0, 0.1) is 0 Å². The molecule has 158 valence electrons. The lowest BCUT2D eigenvalue weighted by atomic mass is 9.93. The van der Waals surface area contributed by atoms with Gasteiger partial charge >= 0.3 is 0 Å². The van der Waals surface area contributed by atoms with Crippen molar-refractivity contribution in [3.8, 4) is 16.9 Å². The molecule has 0 bridgehead atoms. The van der Waals surface area contributed by atoms with Crippen LogP contribution < -0.4 is 10.1 Å². The maximum atomic E-state index is 9.72. The molecule has 3 aromatic rings. The molecule has 0 unspecified atom stereocenters. The van der Waals surface area contributed by atoms with Gasteiger partial charge in [-0.15, -0.1) is 0 Å². The van der Waals surface area contributed by atoms with E-state index >= 15 is 0 Å². The van der Waals surface area contributed by atoms with E-state index in [9.17, 15) is 5.11 Å². The topological polar surface area (TPSA) is 70.5 Å². The average molecular weight is 407 g/mol. The predicted octanol–water partition coefficient (Wildman–Crippen LogP) is 3.95. The zero-order chi connectivity index (χ0) is 20.9. The number of fused-ring (bicyclic) bond motifs is 1. The second kappa shape index (κ2) is 9.41. The largest absolute Gasteiger partial charge is 0.492 e. The van der Waals surface area contributed by atoms with E-state index in [4.69, 9.17) is 9.72 Å². The Morgan fingerprint density at radius 1 is 1.07 bits per heavy atom. The molecule has 30 heavy (non-hydrogen) atoms. The molecule has 6 nitrogen and oxygen atoms in total. The van der Waals surface area contributed by atoms with Crippen LogP contribution in [-0.2, 0) is 0 Å². The van der Waals surface area contributed by atoms with Gasteiger partial charge in [-0.25, -0.2) is 9.97 Å². The Labute approximate surface area is 177 Å². The first-order valence-corrected chi connectivity index (χ1v) is 10.7. The zero-order valence-electron chi connectivity index (χ0n) is 17.7. The molecule has 1 aliphatic rings. The SMILES string of the molecule is CN(C)CCOc1ccc(-c2cccc3cnc(NC4CCC(O)CC4)nc23)cc1. The third-order valence-corrected chi connectivity index (χ3v) is 5.61. The molecule has 0 atom stereocenters. The van der Waals surface area contributed by atoms with Crippen molar-refractivity contribution in [3.05, 3.63) is 48.7 Å². The minimum atomic E-state index is -0.165. The first-order chi connectivity index (χ1) is 14.6. The van der Waals surface area contributed by atoms with Crippen LogP contribution >= 0.6 is 0 Å². The number of nitrogens with one attached hydrogen (secondary N) is 1. The van der Waals surface area contributed by atoms with Crippen LogP contribution in [0.2, 0.25) is 0 Å². The van der Waals surface area contributed by atoms with Gasteiger partial charge in [-0.05, 0) is 57.5 Å². The van der Waals surface area contributed by atoms with Crippen LogP contribution in [0.15, 0.2) is 48.7 Å². The molecule has 0 aliphatic heterocycles. The first kappa shape index (κ1) is 20.6. The summed E-state index contributed by atoms with van der Waals surface area (Å²) in [6.45, 7) is 1.55. The number of likely N-dealkylation sites (N-methyl/N-ethyl adjacent to an activating group) is 1. The van der Waals surface area contributed by atoms with Crippen molar-refractivity contribution < 1.29 is 9.84 Å². The van der Waals surface area contributed by atoms with E-state index in [1.807, 2.05) is 44.6 Å². The Balaban J connectivity index is 1.53. The third kappa shape index (κ3) is 5.07. The molecule has 0 spiro atoms. The summed E-state index contributed by atoms with van der Waals surface area (Å²) < 4.78 is 5.81. The summed E-state index contributed by atoms with van der Waals surface area (Å²) in [7, 11) is 4.07. The second-order valence-corrected chi connectivity index (χ2v) is 8.26. The fourth-order valence-electron chi connectivity index (χ4n) is 3.84. The lowest BCUT2D eigenvalue weighted by Crippen LogP contribution is -2.28. The number of nitrogens with zero attached hydrogens (tertiary/aromatic N) is 3. The van der Waals surface area contributed by atoms with Gasteiger partial charge in [-0.1, -0.05) is 30.3 Å². The fraction of sp³-hybridized carbons (Fsp3) is 0.417. The summed E-state index contributed by atoms with van der Waals surface area (Å²) in [5, 5.41) is 14.2. The van der Waals surface area contributed by atoms with E-state index in [0.29, 0.717) is 18.6 Å². The molecule has 6 heteroatoms. The fourth-order valence-corrected chi connectivity index (χ4v) is 3.84. The van der Waals surface area contributed by atoms with Crippen molar-refractivity contribution in [3.63, 3.8) is 0 Å². The molecule has 0 radical (unpaired) electrons. The maximum absolute atomic E-state index is 9.72. The van der Waals surface area contributed by atoms with E-state index in [1.54, 1.807) is 0 Å². The van der Waals surface area contributed by atoms with E-state index in [0.717, 1.165) is 60.0 Å². The van der Waals surface area contributed by atoms with Gasteiger partial charge in [0, 0.05) is 29.7 Å². The summed E-state index contributed by atoms with van der Waals surface area (Å²) >= 11 is 0. The minimum absolute atomic E-state index is 0.165. The Kier molecular flexibility index (Phi) is 6.45. The molecule has 1 aliphatic carbocycles. The predicted molar refractivity (Wildman–Crippen MR) is 121 cm³/mol. The lowest BCUT2D eigenvalue weighted by molar-refractivity contribution is 0.126. The van der Waals surface area contributed by atoms with Crippen molar-refractivity contribution >= 4 is 16.9 Å². The van der Waals surface area contributed by atoms with Gasteiger partial charge in [0.05, 0.1) is 11.6 Å². The highest BCUT2D eigenvalue weighted by Crippen LogP contribution is 2.29. The number of ether oxygens (including phenoxy) is 1. The van der Waals surface area contributed by atoms with Gasteiger partial charge in [-0.3, -0.25) is 0 Å². The molecule has 2 aromatic carbocycles. The van der Waals surface area contributed by atoms with E-state index in [2.05, 4.69) is 33.4 Å². The normalized spacial score (nSPS) is 19.2. The molecule has 4 rings (SSSR count). The van der Waals surface area contributed by atoms with Crippen LogP contribution in [0.4, 0.5) is 5.95 Å². The summed E-state index contributed by atoms with van der Waals surface area (Å²) in [6, 6.07) is 14.7. The summed E-state index contributed by atoms with van der Waals surface area (Å²) in [5.41, 5.74) is 3.12. The van der Waals surface area contributed by atoms with Crippen LogP contribution in [0.1, 0.15) is 25.7 Å². The van der Waals surface area contributed by atoms with Crippen LogP contribution in [0.25, 0.3) is 22.0 Å². The Bertz CT molecular complexity index is 967. The number of hydrogen-bond donors (Lipinski definition) is 2. The summed E-state index contributed by atoms with van der Waals surface area (Å²) in [5.74, 6) is 1.53. The molecule has 1 heterocycles. The van der Waals surface area contributed by atoms with Gasteiger partial charge in [0.25, 0.3) is 0 Å². The quantitative estimate of drug-likeness (QED) is 0.619. The molecule has 0 amide bonds. The molecule has 0 saturated heterocycles. The Morgan fingerprint density at radius 3 is 2.57 bits per heavy atom. The van der Waals surface area contributed by atoms with E-state index in [1.165, 1.54) is 0 Å². The third-order valence-electron chi connectivity index (χ3n) is 5.61. The number of rotatable bonds is 7. The number of benzene rings is 2. The Morgan fingerprint density at radius 2 is 1.83 bits per heavy atom. The number of para-hydroxylation sites is 1. The number of aliphatic hydroxyl groups excluding tert-OH is 1. The minimum Gasteiger partial charge on any atom is -0.492 e. The van der Waals surface area contributed by atoms with Crippen molar-refractivity contribution in [2.45, 2.75) is 37.8 Å². The molecular weight excluding hydrogens is 376 g/mol. The van der Waals surface area contributed by atoms with Crippen molar-refractivity contribution in [2.24, 2.45) is 0 Å². The zero-order valence-corrected chi connectivity index (χ0v) is 17.7. The highest BCUT2D eigenvalue weighted by molar-refractivity contribution is 5.93. The van der Waals surface area contributed by atoms with Gasteiger partial charge in [-0.2, -0.15) is 0 Å². The lowest BCUT2D eigenvalue weighted by Gasteiger charge is -2.26. The summed E-state index contributed by atoms with van der Waals surface area (Å²) in [4.78, 5) is 11.4. The molecular formula is C24H30N4O2.